The third-order valence-corrected chi connectivity index (χ3v) is 4.48. The summed E-state index contributed by atoms with van der Waals surface area (Å²) in [5, 5.41) is 2.77. The molecule has 0 fully saturated rings. The van der Waals surface area contributed by atoms with Gasteiger partial charge in [0, 0.05) is 5.69 Å². The summed E-state index contributed by atoms with van der Waals surface area (Å²) in [6.07, 6.45) is 0.948. The van der Waals surface area contributed by atoms with Crippen LogP contribution in [-0.4, -0.2) is 17.5 Å². The van der Waals surface area contributed by atoms with E-state index in [0.717, 1.165) is 6.42 Å². The second-order valence-electron chi connectivity index (χ2n) is 6.52. The Bertz CT molecular complexity index is 1150. The highest BCUT2D eigenvalue weighted by Crippen LogP contribution is 2.27. The number of fused-ring (bicyclic) bond motifs is 1. The number of oxazole rings is 1. The molecule has 1 amide bonds. The van der Waals surface area contributed by atoms with Gasteiger partial charge in [0.2, 0.25) is 5.89 Å². The minimum Gasteiger partial charge on any atom is -0.484 e. The van der Waals surface area contributed by atoms with E-state index in [0.29, 0.717) is 22.5 Å². The fourth-order valence-corrected chi connectivity index (χ4v) is 2.92. The lowest BCUT2D eigenvalue weighted by atomic mass is 10.2. The molecule has 0 atom stereocenters. The van der Waals surface area contributed by atoms with E-state index < -0.39 is 5.82 Å². The molecule has 0 aliphatic rings. The molecule has 1 N–H and O–H groups in total. The SMILES string of the molecule is CCc1ccc(OCC(=O)Nc2ccc3oc(-c4ccccc4F)nc3c2)cc1. The Kier molecular flexibility index (Phi) is 5.24. The summed E-state index contributed by atoms with van der Waals surface area (Å²) in [6.45, 7) is 1.97. The molecule has 6 heteroatoms. The average molecular weight is 390 g/mol. The van der Waals surface area contributed by atoms with E-state index in [9.17, 15) is 9.18 Å². The number of benzene rings is 3. The number of anilines is 1. The van der Waals surface area contributed by atoms with Crippen LogP contribution in [0.5, 0.6) is 5.75 Å². The summed E-state index contributed by atoms with van der Waals surface area (Å²) < 4.78 is 25.1. The topological polar surface area (TPSA) is 64.4 Å². The molecule has 3 aromatic carbocycles. The molecule has 4 rings (SSSR count). The lowest BCUT2D eigenvalue weighted by molar-refractivity contribution is -0.118. The Balaban J connectivity index is 1.43. The van der Waals surface area contributed by atoms with Crippen LogP contribution in [0.25, 0.3) is 22.6 Å². The number of amides is 1. The molecule has 0 unspecified atom stereocenters. The lowest BCUT2D eigenvalue weighted by Gasteiger charge is -2.08. The summed E-state index contributed by atoms with van der Waals surface area (Å²) in [5.74, 6) is 0.137. The Hall–Kier alpha value is -3.67. The van der Waals surface area contributed by atoms with Crippen LogP contribution in [0.3, 0.4) is 0 Å². The number of ether oxygens (including phenoxy) is 1. The van der Waals surface area contributed by atoms with Gasteiger partial charge in [-0.1, -0.05) is 31.2 Å². The van der Waals surface area contributed by atoms with Crippen LogP contribution in [0.4, 0.5) is 10.1 Å². The highest BCUT2D eigenvalue weighted by atomic mass is 19.1. The largest absolute Gasteiger partial charge is 0.484 e. The Labute approximate surface area is 167 Å². The standard InChI is InChI=1S/C23H19FN2O3/c1-2-15-7-10-17(11-8-15)28-14-22(27)25-16-9-12-21-20(13-16)26-23(29-21)18-5-3-4-6-19(18)24/h3-13H,2,14H2,1H3,(H,25,27). The van der Waals surface area contributed by atoms with Crippen molar-refractivity contribution in [3.63, 3.8) is 0 Å². The molecule has 29 heavy (non-hydrogen) atoms. The molecule has 0 bridgehead atoms. The smallest absolute Gasteiger partial charge is 0.262 e. The van der Waals surface area contributed by atoms with Crippen LogP contribution in [-0.2, 0) is 11.2 Å². The number of nitrogens with zero attached hydrogens (tertiary/aromatic N) is 1. The van der Waals surface area contributed by atoms with Crippen LogP contribution in [0.15, 0.2) is 71.1 Å². The van der Waals surface area contributed by atoms with Gasteiger partial charge >= 0.3 is 0 Å². The number of rotatable bonds is 6. The van der Waals surface area contributed by atoms with E-state index in [4.69, 9.17) is 9.15 Å². The van der Waals surface area contributed by atoms with Crippen molar-refractivity contribution in [1.82, 2.24) is 4.98 Å². The molecule has 0 aliphatic carbocycles. The van der Waals surface area contributed by atoms with Crippen molar-refractivity contribution in [2.75, 3.05) is 11.9 Å². The van der Waals surface area contributed by atoms with Crippen molar-refractivity contribution in [3.8, 4) is 17.2 Å². The maximum atomic E-state index is 14.0. The van der Waals surface area contributed by atoms with Gasteiger partial charge in [-0.25, -0.2) is 9.37 Å². The number of hydrogen-bond donors (Lipinski definition) is 1. The van der Waals surface area contributed by atoms with Gasteiger partial charge in [-0.15, -0.1) is 0 Å². The molecular weight excluding hydrogens is 371 g/mol. The van der Waals surface area contributed by atoms with E-state index >= 15 is 0 Å². The first kappa shape index (κ1) is 18.7. The van der Waals surface area contributed by atoms with E-state index in [1.165, 1.54) is 11.6 Å². The normalized spacial score (nSPS) is 10.8. The zero-order valence-corrected chi connectivity index (χ0v) is 15.8. The Morgan fingerprint density at radius 1 is 1.10 bits per heavy atom. The molecular formula is C23H19FN2O3. The summed E-state index contributed by atoms with van der Waals surface area (Å²) in [7, 11) is 0. The summed E-state index contributed by atoms with van der Waals surface area (Å²) in [6, 6.07) is 19.0. The van der Waals surface area contributed by atoms with Crippen molar-refractivity contribution in [2.24, 2.45) is 0 Å². The van der Waals surface area contributed by atoms with Crippen LogP contribution >= 0.6 is 0 Å². The zero-order chi connectivity index (χ0) is 20.2. The van der Waals surface area contributed by atoms with Gasteiger partial charge in [-0.05, 0) is 54.4 Å². The van der Waals surface area contributed by atoms with Crippen LogP contribution in [0.1, 0.15) is 12.5 Å². The van der Waals surface area contributed by atoms with Gasteiger partial charge < -0.3 is 14.5 Å². The van der Waals surface area contributed by atoms with Crippen molar-refractivity contribution in [2.45, 2.75) is 13.3 Å². The highest BCUT2D eigenvalue weighted by Gasteiger charge is 2.13. The van der Waals surface area contributed by atoms with Crippen molar-refractivity contribution in [3.05, 3.63) is 78.1 Å². The predicted molar refractivity (Wildman–Crippen MR) is 109 cm³/mol. The number of hydrogen-bond acceptors (Lipinski definition) is 4. The molecule has 0 aliphatic heterocycles. The molecule has 5 nitrogen and oxygen atoms in total. The predicted octanol–water partition coefficient (Wildman–Crippen LogP) is 5.21. The zero-order valence-electron chi connectivity index (χ0n) is 15.8. The minimum atomic E-state index is -0.406. The molecule has 1 heterocycles. The van der Waals surface area contributed by atoms with Crippen LogP contribution < -0.4 is 10.1 Å². The minimum absolute atomic E-state index is 0.108. The molecule has 0 spiro atoms. The van der Waals surface area contributed by atoms with E-state index in [1.807, 2.05) is 24.3 Å². The average Bonchev–Trinajstić information content (AvgIpc) is 3.16. The molecule has 1 aromatic heterocycles. The van der Waals surface area contributed by atoms with E-state index in [2.05, 4.69) is 17.2 Å². The van der Waals surface area contributed by atoms with Gasteiger partial charge in [0.25, 0.3) is 5.91 Å². The second-order valence-corrected chi connectivity index (χ2v) is 6.52. The first-order chi connectivity index (χ1) is 14.1. The maximum absolute atomic E-state index is 14.0. The molecule has 0 saturated carbocycles. The fourth-order valence-electron chi connectivity index (χ4n) is 2.92. The third-order valence-electron chi connectivity index (χ3n) is 4.48. The number of aromatic nitrogens is 1. The molecule has 146 valence electrons. The second kappa shape index (κ2) is 8.14. The first-order valence-corrected chi connectivity index (χ1v) is 9.29. The van der Waals surface area contributed by atoms with E-state index in [-0.39, 0.29) is 24.0 Å². The van der Waals surface area contributed by atoms with Gasteiger partial charge in [-0.2, -0.15) is 0 Å². The number of carbonyl (C=O) groups is 1. The summed E-state index contributed by atoms with van der Waals surface area (Å²) in [5.41, 5.74) is 3.08. The van der Waals surface area contributed by atoms with Crippen molar-refractivity contribution in [1.29, 1.82) is 0 Å². The number of carbonyl (C=O) groups excluding carboxylic acids is 1. The van der Waals surface area contributed by atoms with Gasteiger partial charge in [0.1, 0.15) is 17.1 Å². The number of nitrogens with one attached hydrogen (secondary N) is 1. The summed E-state index contributed by atoms with van der Waals surface area (Å²) >= 11 is 0. The summed E-state index contributed by atoms with van der Waals surface area (Å²) in [4.78, 5) is 16.5. The Morgan fingerprint density at radius 2 is 1.90 bits per heavy atom. The number of aryl methyl sites for hydroxylation is 1. The van der Waals surface area contributed by atoms with Crippen LogP contribution in [0, 0.1) is 5.82 Å². The van der Waals surface area contributed by atoms with Gasteiger partial charge in [0.05, 0.1) is 5.56 Å². The van der Waals surface area contributed by atoms with Gasteiger partial charge in [0.15, 0.2) is 12.2 Å². The number of halogens is 1. The van der Waals surface area contributed by atoms with Gasteiger partial charge in [-0.3, -0.25) is 4.79 Å². The van der Waals surface area contributed by atoms with E-state index in [1.54, 1.807) is 36.4 Å². The third kappa shape index (κ3) is 4.27. The monoisotopic (exact) mass is 390 g/mol. The Morgan fingerprint density at radius 3 is 2.66 bits per heavy atom. The highest BCUT2D eigenvalue weighted by molar-refractivity contribution is 5.94. The molecule has 4 aromatic rings. The molecule has 0 radical (unpaired) electrons. The van der Waals surface area contributed by atoms with Crippen LogP contribution in [0.2, 0.25) is 0 Å². The van der Waals surface area contributed by atoms with Crippen molar-refractivity contribution < 1.29 is 18.3 Å². The van der Waals surface area contributed by atoms with Crippen molar-refractivity contribution >= 4 is 22.7 Å². The fraction of sp³-hybridized carbons (Fsp3) is 0.130. The lowest BCUT2D eigenvalue weighted by Crippen LogP contribution is -2.20. The maximum Gasteiger partial charge on any atom is 0.262 e. The molecule has 0 saturated heterocycles. The quantitative estimate of drug-likeness (QED) is 0.491. The first-order valence-electron chi connectivity index (χ1n) is 9.29.